The lowest BCUT2D eigenvalue weighted by Crippen LogP contribution is -2.31. The quantitative estimate of drug-likeness (QED) is 0.454. The third kappa shape index (κ3) is 3.50. The molecule has 0 spiro atoms. The van der Waals surface area contributed by atoms with Crippen molar-refractivity contribution in [3.63, 3.8) is 0 Å². The van der Waals surface area contributed by atoms with Crippen LogP contribution < -0.4 is 4.90 Å². The van der Waals surface area contributed by atoms with Crippen molar-refractivity contribution >= 4 is 28.5 Å². The van der Waals surface area contributed by atoms with E-state index in [-0.39, 0.29) is 18.2 Å². The number of carbonyl (C=O) groups excluding carboxylic acids is 2. The molecule has 1 aliphatic rings. The van der Waals surface area contributed by atoms with Gasteiger partial charge in [0.15, 0.2) is 0 Å². The molecule has 0 saturated carbocycles. The van der Waals surface area contributed by atoms with Crippen molar-refractivity contribution in [1.82, 2.24) is 9.55 Å². The van der Waals surface area contributed by atoms with E-state index in [1.165, 1.54) is 29.8 Å². The van der Waals surface area contributed by atoms with E-state index in [1.54, 1.807) is 0 Å². The zero-order valence-electron chi connectivity index (χ0n) is 16.7. The van der Waals surface area contributed by atoms with Gasteiger partial charge in [-0.05, 0) is 48.4 Å². The Morgan fingerprint density at radius 2 is 1.58 bits per heavy atom. The summed E-state index contributed by atoms with van der Waals surface area (Å²) >= 11 is 0. The molecule has 0 aliphatic carbocycles. The van der Waals surface area contributed by atoms with Crippen molar-refractivity contribution in [2.24, 2.45) is 0 Å². The standard InChI is InChI=1S/C25H20FN3O2/c26-18-11-13-19(14-12-18)28-24(30)16-22(25(28)31)29-21-9-5-4-8-20(21)27-23(29)15-10-17-6-2-1-3-7-17/h1-9,11-14,22H,10,15-16H2/t22-/m0/s1. The van der Waals surface area contributed by atoms with E-state index in [0.29, 0.717) is 12.1 Å². The van der Waals surface area contributed by atoms with E-state index >= 15 is 0 Å². The number of nitrogens with zero attached hydrogens (tertiary/aromatic N) is 3. The number of hydrogen-bond donors (Lipinski definition) is 0. The van der Waals surface area contributed by atoms with Crippen molar-refractivity contribution in [2.45, 2.75) is 25.3 Å². The van der Waals surface area contributed by atoms with Gasteiger partial charge in [-0.1, -0.05) is 42.5 Å². The topological polar surface area (TPSA) is 55.2 Å². The monoisotopic (exact) mass is 413 g/mol. The number of carbonyl (C=O) groups is 2. The maximum absolute atomic E-state index is 13.3. The van der Waals surface area contributed by atoms with Gasteiger partial charge in [0, 0.05) is 6.42 Å². The first kappa shape index (κ1) is 19.2. The Hall–Kier alpha value is -3.80. The molecule has 1 aliphatic heterocycles. The summed E-state index contributed by atoms with van der Waals surface area (Å²) in [6.07, 6.45) is 1.48. The first-order valence-corrected chi connectivity index (χ1v) is 10.2. The maximum Gasteiger partial charge on any atom is 0.257 e. The summed E-state index contributed by atoms with van der Waals surface area (Å²) in [5.74, 6) is -0.255. The molecule has 1 aromatic heterocycles. The molecule has 0 radical (unpaired) electrons. The Kier molecular flexibility index (Phi) is 4.82. The average Bonchev–Trinajstić information content (AvgIpc) is 3.30. The van der Waals surface area contributed by atoms with Gasteiger partial charge in [-0.25, -0.2) is 14.3 Å². The predicted molar refractivity (Wildman–Crippen MR) is 116 cm³/mol. The normalized spacial score (nSPS) is 16.4. The van der Waals surface area contributed by atoms with Crippen molar-refractivity contribution in [3.05, 3.63) is 96.1 Å². The fraction of sp³-hybridized carbons (Fsp3) is 0.160. The van der Waals surface area contributed by atoms with E-state index in [0.717, 1.165) is 28.2 Å². The SMILES string of the molecule is O=C1C[C@H](n2c(CCc3ccccc3)nc3ccccc32)C(=O)N1c1ccc(F)cc1. The summed E-state index contributed by atoms with van der Waals surface area (Å²) in [5.41, 5.74) is 3.20. The van der Waals surface area contributed by atoms with Crippen LogP contribution in [0.2, 0.25) is 0 Å². The lowest BCUT2D eigenvalue weighted by Gasteiger charge is -2.17. The fourth-order valence-corrected chi connectivity index (χ4v) is 4.20. The molecule has 6 heteroatoms. The summed E-state index contributed by atoms with van der Waals surface area (Å²) in [4.78, 5) is 32.0. The number of amides is 2. The Morgan fingerprint density at radius 3 is 2.35 bits per heavy atom. The van der Waals surface area contributed by atoms with Gasteiger partial charge in [-0.2, -0.15) is 0 Å². The van der Waals surface area contributed by atoms with Crippen LogP contribution in [0.15, 0.2) is 78.9 Å². The van der Waals surface area contributed by atoms with Crippen LogP contribution in [0.3, 0.4) is 0 Å². The number of para-hydroxylation sites is 2. The van der Waals surface area contributed by atoms with E-state index in [4.69, 9.17) is 4.98 Å². The summed E-state index contributed by atoms with van der Waals surface area (Å²) < 4.78 is 15.2. The lowest BCUT2D eigenvalue weighted by molar-refractivity contribution is -0.122. The second-order valence-electron chi connectivity index (χ2n) is 7.64. The number of hydrogen-bond acceptors (Lipinski definition) is 3. The van der Waals surface area contributed by atoms with E-state index in [1.807, 2.05) is 47.0 Å². The molecule has 31 heavy (non-hydrogen) atoms. The Labute approximate surface area is 178 Å². The minimum atomic E-state index is -0.671. The van der Waals surface area contributed by atoms with E-state index in [9.17, 15) is 14.0 Å². The second-order valence-corrected chi connectivity index (χ2v) is 7.64. The molecular weight excluding hydrogens is 393 g/mol. The average molecular weight is 413 g/mol. The number of imide groups is 1. The highest BCUT2D eigenvalue weighted by molar-refractivity contribution is 6.21. The number of benzene rings is 3. The Balaban J connectivity index is 1.52. The number of aryl methyl sites for hydroxylation is 2. The van der Waals surface area contributed by atoms with E-state index in [2.05, 4.69) is 12.1 Å². The zero-order chi connectivity index (χ0) is 21.4. The smallest absolute Gasteiger partial charge is 0.257 e. The molecule has 154 valence electrons. The van der Waals surface area contributed by atoms with Crippen LogP contribution in [0.4, 0.5) is 10.1 Å². The molecular formula is C25H20FN3O2. The number of aromatic nitrogens is 2. The molecule has 0 N–H and O–H groups in total. The summed E-state index contributed by atoms with van der Waals surface area (Å²) in [6.45, 7) is 0. The molecule has 5 nitrogen and oxygen atoms in total. The molecule has 0 bridgehead atoms. The molecule has 1 atom stereocenters. The molecule has 2 heterocycles. The third-order valence-electron chi connectivity index (χ3n) is 5.67. The third-order valence-corrected chi connectivity index (χ3v) is 5.67. The van der Waals surface area contributed by atoms with Crippen molar-refractivity contribution in [3.8, 4) is 0 Å². The largest absolute Gasteiger partial charge is 0.315 e. The molecule has 0 unspecified atom stereocenters. The van der Waals surface area contributed by atoms with Crippen LogP contribution in [-0.4, -0.2) is 21.4 Å². The maximum atomic E-state index is 13.3. The fourth-order valence-electron chi connectivity index (χ4n) is 4.20. The second kappa shape index (κ2) is 7.80. The van der Waals surface area contributed by atoms with Gasteiger partial charge in [-0.3, -0.25) is 9.59 Å². The van der Waals surface area contributed by atoms with Gasteiger partial charge in [-0.15, -0.1) is 0 Å². The Morgan fingerprint density at radius 1 is 0.871 bits per heavy atom. The predicted octanol–water partition coefficient (Wildman–Crippen LogP) is 4.47. The summed E-state index contributed by atoms with van der Waals surface area (Å²) in [6, 6.07) is 22.5. The van der Waals surface area contributed by atoms with Crippen molar-refractivity contribution in [1.29, 1.82) is 0 Å². The zero-order valence-corrected chi connectivity index (χ0v) is 16.7. The number of fused-ring (bicyclic) bond motifs is 1. The molecule has 4 aromatic rings. The molecule has 5 rings (SSSR count). The number of anilines is 1. The van der Waals surface area contributed by atoms with Gasteiger partial charge < -0.3 is 4.57 Å². The van der Waals surface area contributed by atoms with Crippen molar-refractivity contribution < 1.29 is 14.0 Å². The number of rotatable bonds is 5. The highest BCUT2D eigenvalue weighted by Crippen LogP contribution is 2.33. The van der Waals surface area contributed by atoms with Crippen LogP contribution in [0, 0.1) is 5.82 Å². The number of halogens is 1. The first-order chi connectivity index (χ1) is 15.1. The van der Waals surface area contributed by atoms with Gasteiger partial charge >= 0.3 is 0 Å². The molecule has 1 fully saturated rings. The molecule has 2 amide bonds. The first-order valence-electron chi connectivity index (χ1n) is 10.2. The van der Waals surface area contributed by atoms with Crippen LogP contribution in [0.5, 0.6) is 0 Å². The van der Waals surface area contributed by atoms with Crippen LogP contribution in [0.25, 0.3) is 11.0 Å². The van der Waals surface area contributed by atoms with Gasteiger partial charge in [0.2, 0.25) is 5.91 Å². The molecule has 3 aromatic carbocycles. The van der Waals surface area contributed by atoms with Crippen LogP contribution >= 0.6 is 0 Å². The molecule has 1 saturated heterocycles. The number of imidazole rings is 1. The summed E-state index contributed by atoms with van der Waals surface area (Å²) in [7, 11) is 0. The lowest BCUT2D eigenvalue weighted by atomic mass is 10.1. The minimum absolute atomic E-state index is 0.0505. The van der Waals surface area contributed by atoms with Crippen molar-refractivity contribution in [2.75, 3.05) is 4.90 Å². The highest BCUT2D eigenvalue weighted by atomic mass is 19.1. The summed E-state index contributed by atoms with van der Waals surface area (Å²) in [5, 5.41) is 0. The van der Waals surface area contributed by atoms with Crippen LogP contribution in [0.1, 0.15) is 23.9 Å². The van der Waals surface area contributed by atoms with Gasteiger partial charge in [0.1, 0.15) is 17.7 Å². The highest BCUT2D eigenvalue weighted by Gasteiger charge is 2.42. The van der Waals surface area contributed by atoms with Crippen LogP contribution in [-0.2, 0) is 22.4 Å². The Bertz CT molecular complexity index is 1270. The minimum Gasteiger partial charge on any atom is -0.315 e. The van der Waals surface area contributed by atoms with Gasteiger partial charge in [0.25, 0.3) is 5.91 Å². The van der Waals surface area contributed by atoms with Gasteiger partial charge in [0.05, 0.1) is 23.1 Å². The van der Waals surface area contributed by atoms with E-state index < -0.39 is 11.9 Å².